The number of Topliss-reactive ketones (excluding diaryl/α,β-unsaturated/α-hetero) is 1. The van der Waals surface area contributed by atoms with Crippen molar-refractivity contribution >= 4 is 5.78 Å². The fourth-order valence-electron chi connectivity index (χ4n) is 1.44. The molecule has 0 radical (unpaired) electrons. The zero-order valence-electron chi connectivity index (χ0n) is 10.8. The number of carbonyl (C=O) groups is 1. The summed E-state index contributed by atoms with van der Waals surface area (Å²) in [5.41, 5.74) is 0.280. The van der Waals surface area contributed by atoms with Crippen LogP contribution in [0.25, 0.3) is 0 Å². The van der Waals surface area contributed by atoms with Gasteiger partial charge in [-0.2, -0.15) is 13.2 Å². The van der Waals surface area contributed by atoms with Crippen LogP contribution in [-0.4, -0.2) is 31.3 Å². The zero-order chi connectivity index (χ0) is 14.6. The molecule has 6 heteroatoms. The molecule has 1 aromatic rings. The van der Waals surface area contributed by atoms with Crippen LogP contribution < -0.4 is 4.74 Å². The summed E-state index contributed by atoms with van der Waals surface area (Å²) in [4.78, 5) is 11.9. The van der Waals surface area contributed by atoms with Crippen LogP contribution in [0.2, 0.25) is 0 Å². The highest BCUT2D eigenvalue weighted by Gasteiger charge is 2.38. The third-order valence-electron chi connectivity index (χ3n) is 2.61. The number of methoxy groups -OCH3 is 1. The van der Waals surface area contributed by atoms with Gasteiger partial charge in [0, 0.05) is 5.56 Å². The predicted molar refractivity (Wildman–Crippen MR) is 63.4 cm³/mol. The number of ether oxygens (including phenoxy) is 2. The lowest BCUT2D eigenvalue weighted by atomic mass is 10.1. The fourth-order valence-corrected chi connectivity index (χ4v) is 1.44. The summed E-state index contributed by atoms with van der Waals surface area (Å²) in [6, 6.07) is 6.10. The Labute approximate surface area is 109 Å². The van der Waals surface area contributed by atoms with Gasteiger partial charge in [0.2, 0.25) is 0 Å². The lowest BCUT2D eigenvalue weighted by Gasteiger charge is -2.20. The van der Waals surface area contributed by atoms with E-state index in [9.17, 15) is 18.0 Å². The maximum absolute atomic E-state index is 12.3. The molecule has 0 aliphatic heterocycles. The average Bonchev–Trinajstić information content (AvgIpc) is 2.36. The predicted octanol–water partition coefficient (Wildman–Crippen LogP) is 3.23. The van der Waals surface area contributed by atoms with Crippen LogP contribution in [0.15, 0.2) is 24.3 Å². The molecule has 0 fully saturated rings. The molecule has 19 heavy (non-hydrogen) atoms. The summed E-state index contributed by atoms with van der Waals surface area (Å²) in [6.07, 6.45) is -7.62. The van der Waals surface area contributed by atoms with Crippen molar-refractivity contribution in [2.45, 2.75) is 32.2 Å². The van der Waals surface area contributed by atoms with E-state index in [2.05, 4.69) is 4.74 Å². The third-order valence-corrected chi connectivity index (χ3v) is 2.61. The molecule has 2 unspecified atom stereocenters. The highest BCUT2D eigenvalue weighted by atomic mass is 19.4. The smallest absolute Gasteiger partial charge is 0.414 e. The first-order chi connectivity index (χ1) is 8.75. The minimum absolute atomic E-state index is 0.280. The summed E-state index contributed by atoms with van der Waals surface area (Å²) in [5, 5.41) is 0. The molecule has 0 aromatic heterocycles. The first-order valence-corrected chi connectivity index (χ1v) is 5.66. The Hall–Kier alpha value is -1.56. The Balaban J connectivity index is 2.71. The first kappa shape index (κ1) is 15.5. The van der Waals surface area contributed by atoms with Gasteiger partial charge in [-0.25, -0.2) is 0 Å². The van der Waals surface area contributed by atoms with Gasteiger partial charge in [-0.1, -0.05) is 0 Å². The fraction of sp³-hybridized carbons (Fsp3) is 0.462. The molecule has 0 spiro atoms. The summed E-state index contributed by atoms with van der Waals surface area (Å²) in [5.74, 6) is 0.0625. The molecule has 0 aliphatic carbocycles. The summed E-state index contributed by atoms with van der Waals surface area (Å²) in [6.45, 7) is 2.17. The van der Waals surface area contributed by atoms with Crippen LogP contribution in [0, 0.1) is 0 Å². The van der Waals surface area contributed by atoms with Crippen LogP contribution in [0.5, 0.6) is 5.75 Å². The molecular weight excluding hydrogens is 261 g/mol. The molecule has 106 valence electrons. The Bertz CT molecular complexity index is 426. The van der Waals surface area contributed by atoms with Crippen LogP contribution in [0.1, 0.15) is 24.2 Å². The monoisotopic (exact) mass is 276 g/mol. The van der Waals surface area contributed by atoms with E-state index in [-0.39, 0.29) is 5.56 Å². The first-order valence-electron chi connectivity index (χ1n) is 5.66. The molecule has 0 heterocycles. The highest BCUT2D eigenvalue weighted by Crippen LogP contribution is 2.24. The third kappa shape index (κ3) is 4.24. The van der Waals surface area contributed by atoms with Crippen LogP contribution in [0.4, 0.5) is 13.2 Å². The van der Waals surface area contributed by atoms with Gasteiger partial charge in [0.1, 0.15) is 11.9 Å². The van der Waals surface area contributed by atoms with E-state index >= 15 is 0 Å². The summed E-state index contributed by atoms with van der Waals surface area (Å²) in [7, 11) is 1.48. The van der Waals surface area contributed by atoms with Crippen molar-refractivity contribution in [3.63, 3.8) is 0 Å². The Kier molecular flexibility index (Phi) is 4.94. The second-order valence-electron chi connectivity index (χ2n) is 4.05. The zero-order valence-corrected chi connectivity index (χ0v) is 10.8. The number of halogens is 3. The van der Waals surface area contributed by atoms with E-state index in [1.54, 1.807) is 12.1 Å². The van der Waals surface area contributed by atoms with Crippen LogP contribution in [0.3, 0.4) is 0 Å². The molecule has 0 saturated carbocycles. The van der Waals surface area contributed by atoms with Crippen molar-refractivity contribution in [1.82, 2.24) is 0 Å². The molecular formula is C13H15F3O3. The number of hydrogen-bond acceptors (Lipinski definition) is 3. The van der Waals surface area contributed by atoms with Gasteiger partial charge < -0.3 is 9.47 Å². The van der Waals surface area contributed by atoms with Crippen molar-refractivity contribution in [3.8, 4) is 5.75 Å². The summed E-state index contributed by atoms with van der Waals surface area (Å²) >= 11 is 0. The van der Waals surface area contributed by atoms with E-state index in [1.165, 1.54) is 26.2 Å². The molecule has 0 amide bonds. The average molecular weight is 276 g/mol. The maximum atomic E-state index is 12.3. The van der Waals surface area contributed by atoms with E-state index in [0.717, 1.165) is 6.92 Å². The molecule has 3 nitrogen and oxygen atoms in total. The van der Waals surface area contributed by atoms with Crippen LogP contribution in [-0.2, 0) is 4.74 Å². The molecule has 1 rings (SSSR count). The Morgan fingerprint density at radius 3 is 2.11 bits per heavy atom. The van der Waals surface area contributed by atoms with E-state index in [4.69, 9.17) is 4.74 Å². The van der Waals surface area contributed by atoms with Crippen molar-refractivity contribution in [1.29, 1.82) is 0 Å². The number of alkyl halides is 3. The van der Waals surface area contributed by atoms with Gasteiger partial charge in [0.15, 0.2) is 11.9 Å². The van der Waals surface area contributed by atoms with Crippen molar-refractivity contribution in [2.75, 3.05) is 7.11 Å². The topological polar surface area (TPSA) is 35.5 Å². The SMILES string of the molecule is COc1ccc(C(=O)C(C)OC(C)C(F)(F)F)cc1. The van der Waals surface area contributed by atoms with Gasteiger partial charge in [-0.05, 0) is 38.1 Å². The number of hydrogen-bond donors (Lipinski definition) is 0. The second kappa shape index (κ2) is 6.06. The molecule has 0 saturated heterocycles. The normalized spacial score (nSPS) is 14.8. The lowest BCUT2D eigenvalue weighted by Crippen LogP contribution is -2.34. The van der Waals surface area contributed by atoms with Gasteiger partial charge in [0.25, 0.3) is 0 Å². The molecule has 0 bridgehead atoms. The van der Waals surface area contributed by atoms with Gasteiger partial charge in [-0.15, -0.1) is 0 Å². The minimum Gasteiger partial charge on any atom is -0.497 e. The Morgan fingerprint density at radius 1 is 1.16 bits per heavy atom. The second-order valence-corrected chi connectivity index (χ2v) is 4.05. The maximum Gasteiger partial charge on any atom is 0.414 e. The lowest BCUT2D eigenvalue weighted by molar-refractivity contribution is -0.219. The van der Waals surface area contributed by atoms with Gasteiger partial charge >= 0.3 is 6.18 Å². The van der Waals surface area contributed by atoms with Gasteiger partial charge in [-0.3, -0.25) is 4.79 Å². The Morgan fingerprint density at radius 2 is 1.68 bits per heavy atom. The number of rotatable bonds is 5. The molecule has 0 aliphatic rings. The van der Waals surface area contributed by atoms with Crippen molar-refractivity contribution in [2.24, 2.45) is 0 Å². The number of ketones is 1. The molecule has 2 atom stereocenters. The van der Waals surface area contributed by atoms with Crippen LogP contribution >= 0.6 is 0 Å². The van der Waals surface area contributed by atoms with Crippen molar-refractivity contribution < 1.29 is 27.4 Å². The minimum atomic E-state index is -4.48. The van der Waals surface area contributed by atoms with E-state index in [0.29, 0.717) is 5.75 Å². The van der Waals surface area contributed by atoms with E-state index < -0.39 is 24.2 Å². The quantitative estimate of drug-likeness (QED) is 0.774. The van der Waals surface area contributed by atoms with E-state index in [1.807, 2.05) is 0 Å². The standard InChI is InChI=1S/C13H15F3O3/c1-8(19-9(2)13(14,15)16)12(17)10-4-6-11(18-3)7-5-10/h4-9H,1-3H3. The number of carbonyl (C=O) groups excluding carboxylic acids is 1. The van der Waals surface area contributed by atoms with Gasteiger partial charge in [0.05, 0.1) is 7.11 Å². The highest BCUT2D eigenvalue weighted by molar-refractivity contribution is 5.99. The largest absolute Gasteiger partial charge is 0.497 e. The number of benzene rings is 1. The summed E-state index contributed by atoms with van der Waals surface area (Å²) < 4.78 is 46.6. The molecule has 0 N–H and O–H groups in total. The molecule has 1 aromatic carbocycles. The van der Waals surface area contributed by atoms with Crippen molar-refractivity contribution in [3.05, 3.63) is 29.8 Å².